The minimum absolute atomic E-state index is 0.0559. The summed E-state index contributed by atoms with van der Waals surface area (Å²) in [7, 11) is 0. The van der Waals surface area contributed by atoms with Crippen LogP contribution in [-0.2, 0) is 11.3 Å². The minimum atomic E-state index is 0.0559. The van der Waals surface area contributed by atoms with Crippen molar-refractivity contribution < 1.29 is 4.79 Å². The summed E-state index contributed by atoms with van der Waals surface area (Å²) in [4.78, 5) is 15.6. The Bertz CT molecular complexity index is 325. The largest absolute Gasteiger partial charge is 0.355 e. The SMILES string of the molecule is CCCCNC(=O)CNCc1csc(C)n1. The van der Waals surface area contributed by atoms with Gasteiger partial charge in [-0.3, -0.25) is 4.79 Å². The van der Waals surface area contributed by atoms with Crippen molar-refractivity contribution >= 4 is 17.2 Å². The second-order valence-electron chi connectivity index (χ2n) is 3.66. The lowest BCUT2D eigenvalue weighted by atomic mass is 10.3. The van der Waals surface area contributed by atoms with Crippen molar-refractivity contribution in [3.63, 3.8) is 0 Å². The number of nitrogens with one attached hydrogen (secondary N) is 2. The third-order valence-electron chi connectivity index (χ3n) is 2.11. The van der Waals surface area contributed by atoms with E-state index in [2.05, 4.69) is 22.5 Å². The van der Waals surface area contributed by atoms with Crippen LogP contribution in [0.3, 0.4) is 0 Å². The molecule has 0 bridgehead atoms. The number of hydrogen-bond donors (Lipinski definition) is 2. The first-order valence-electron chi connectivity index (χ1n) is 5.60. The number of unbranched alkanes of at least 4 members (excludes halogenated alkanes) is 1. The third kappa shape index (κ3) is 5.23. The standard InChI is InChI=1S/C11H19N3OS/c1-3-4-5-13-11(15)7-12-6-10-8-16-9(2)14-10/h8,12H,3-7H2,1-2H3,(H,13,15). The fourth-order valence-corrected chi connectivity index (χ4v) is 1.87. The smallest absolute Gasteiger partial charge is 0.233 e. The number of aromatic nitrogens is 1. The van der Waals surface area contributed by atoms with Gasteiger partial charge in [0.15, 0.2) is 0 Å². The summed E-state index contributed by atoms with van der Waals surface area (Å²) in [6.07, 6.45) is 2.14. The van der Waals surface area contributed by atoms with Gasteiger partial charge in [-0.25, -0.2) is 4.98 Å². The van der Waals surface area contributed by atoms with E-state index in [4.69, 9.17) is 0 Å². The van der Waals surface area contributed by atoms with Crippen LogP contribution < -0.4 is 10.6 Å². The van der Waals surface area contributed by atoms with Crippen molar-refractivity contribution in [3.05, 3.63) is 16.1 Å². The van der Waals surface area contributed by atoms with Crippen molar-refractivity contribution in [2.75, 3.05) is 13.1 Å². The first-order chi connectivity index (χ1) is 7.72. The number of rotatable bonds is 7. The molecule has 5 heteroatoms. The summed E-state index contributed by atoms with van der Waals surface area (Å²) < 4.78 is 0. The van der Waals surface area contributed by atoms with Gasteiger partial charge in [-0.2, -0.15) is 0 Å². The van der Waals surface area contributed by atoms with E-state index in [9.17, 15) is 4.79 Å². The molecule has 2 N–H and O–H groups in total. The average Bonchev–Trinajstić information content (AvgIpc) is 2.65. The van der Waals surface area contributed by atoms with Gasteiger partial charge in [-0.1, -0.05) is 13.3 Å². The molecule has 1 aromatic heterocycles. The zero-order valence-electron chi connectivity index (χ0n) is 9.88. The van der Waals surface area contributed by atoms with Gasteiger partial charge >= 0.3 is 0 Å². The molecular weight excluding hydrogens is 222 g/mol. The third-order valence-corrected chi connectivity index (χ3v) is 2.93. The molecule has 1 heterocycles. The Morgan fingerprint density at radius 3 is 3.00 bits per heavy atom. The van der Waals surface area contributed by atoms with E-state index in [1.807, 2.05) is 12.3 Å². The molecule has 16 heavy (non-hydrogen) atoms. The molecule has 0 radical (unpaired) electrons. The van der Waals surface area contributed by atoms with Gasteiger partial charge in [0.1, 0.15) is 0 Å². The molecule has 0 aromatic carbocycles. The van der Waals surface area contributed by atoms with Crippen LogP contribution in [0.15, 0.2) is 5.38 Å². The molecule has 1 amide bonds. The molecular formula is C11H19N3OS. The van der Waals surface area contributed by atoms with Gasteiger partial charge in [-0.05, 0) is 13.3 Å². The fourth-order valence-electron chi connectivity index (χ4n) is 1.26. The summed E-state index contributed by atoms with van der Waals surface area (Å²) >= 11 is 1.63. The van der Waals surface area contributed by atoms with Crippen molar-refractivity contribution in [1.29, 1.82) is 0 Å². The maximum Gasteiger partial charge on any atom is 0.233 e. The minimum Gasteiger partial charge on any atom is -0.355 e. The lowest BCUT2D eigenvalue weighted by Crippen LogP contribution is -2.34. The topological polar surface area (TPSA) is 54.0 Å². The van der Waals surface area contributed by atoms with Gasteiger partial charge in [0, 0.05) is 18.5 Å². The van der Waals surface area contributed by atoms with E-state index in [0.29, 0.717) is 13.1 Å². The Hall–Kier alpha value is -0.940. The first kappa shape index (κ1) is 13.1. The molecule has 0 aliphatic carbocycles. The molecule has 0 aliphatic heterocycles. The Morgan fingerprint density at radius 2 is 2.38 bits per heavy atom. The number of carbonyl (C=O) groups is 1. The van der Waals surface area contributed by atoms with Crippen molar-refractivity contribution in [2.24, 2.45) is 0 Å². The zero-order chi connectivity index (χ0) is 11.8. The van der Waals surface area contributed by atoms with E-state index in [1.165, 1.54) is 0 Å². The molecule has 0 aliphatic rings. The molecule has 90 valence electrons. The van der Waals surface area contributed by atoms with Crippen LogP contribution in [0.5, 0.6) is 0 Å². The lowest BCUT2D eigenvalue weighted by molar-refractivity contribution is -0.120. The molecule has 0 saturated heterocycles. The first-order valence-corrected chi connectivity index (χ1v) is 6.48. The van der Waals surface area contributed by atoms with Gasteiger partial charge < -0.3 is 10.6 Å². The van der Waals surface area contributed by atoms with E-state index < -0.39 is 0 Å². The van der Waals surface area contributed by atoms with Crippen LogP contribution in [0.4, 0.5) is 0 Å². The van der Waals surface area contributed by atoms with E-state index in [-0.39, 0.29) is 5.91 Å². The fraction of sp³-hybridized carbons (Fsp3) is 0.636. The van der Waals surface area contributed by atoms with E-state index >= 15 is 0 Å². The summed E-state index contributed by atoms with van der Waals surface area (Å²) in [6.45, 7) is 5.87. The molecule has 0 spiro atoms. The molecule has 1 rings (SSSR count). The van der Waals surface area contributed by atoms with Crippen LogP contribution in [0.1, 0.15) is 30.5 Å². The number of aryl methyl sites for hydroxylation is 1. The van der Waals surface area contributed by atoms with Gasteiger partial charge in [0.05, 0.1) is 17.2 Å². The van der Waals surface area contributed by atoms with Crippen LogP contribution in [0.2, 0.25) is 0 Å². The Morgan fingerprint density at radius 1 is 1.56 bits per heavy atom. The molecule has 0 atom stereocenters. The molecule has 0 fully saturated rings. The van der Waals surface area contributed by atoms with Crippen molar-refractivity contribution in [1.82, 2.24) is 15.6 Å². The maximum atomic E-state index is 11.3. The highest BCUT2D eigenvalue weighted by molar-refractivity contribution is 7.09. The van der Waals surface area contributed by atoms with E-state index in [1.54, 1.807) is 11.3 Å². The normalized spacial score (nSPS) is 10.4. The van der Waals surface area contributed by atoms with Crippen LogP contribution in [-0.4, -0.2) is 24.0 Å². The second-order valence-corrected chi connectivity index (χ2v) is 4.73. The highest BCUT2D eigenvalue weighted by Crippen LogP contribution is 2.06. The summed E-state index contributed by atoms with van der Waals surface area (Å²) in [5, 5.41) is 9.00. The second kappa shape index (κ2) is 7.35. The van der Waals surface area contributed by atoms with Crippen LogP contribution in [0.25, 0.3) is 0 Å². The molecule has 1 aromatic rings. The summed E-state index contributed by atoms with van der Waals surface area (Å²) in [5.74, 6) is 0.0559. The maximum absolute atomic E-state index is 11.3. The zero-order valence-corrected chi connectivity index (χ0v) is 10.7. The molecule has 4 nitrogen and oxygen atoms in total. The molecule has 0 unspecified atom stereocenters. The van der Waals surface area contributed by atoms with Gasteiger partial charge in [0.2, 0.25) is 5.91 Å². The Kier molecular flexibility index (Phi) is 6.03. The van der Waals surface area contributed by atoms with E-state index in [0.717, 1.165) is 30.1 Å². The van der Waals surface area contributed by atoms with Crippen molar-refractivity contribution in [2.45, 2.75) is 33.2 Å². The predicted octanol–water partition coefficient (Wildman–Crippen LogP) is 1.46. The Balaban J connectivity index is 2.08. The number of carbonyl (C=O) groups excluding carboxylic acids is 1. The van der Waals surface area contributed by atoms with Gasteiger partial charge in [-0.15, -0.1) is 11.3 Å². The predicted molar refractivity (Wildman–Crippen MR) is 66.5 cm³/mol. The Labute approximate surface area is 100 Å². The summed E-state index contributed by atoms with van der Waals surface area (Å²) in [5.41, 5.74) is 1.00. The van der Waals surface area contributed by atoms with Gasteiger partial charge in [0.25, 0.3) is 0 Å². The average molecular weight is 241 g/mol. The lowest BCUT2D eigenvalue weighted by Gasteiger charge is -2.04. The molecule has 0 saturated carbocycles. The van der Waals surface area contributed by atoms with Crippen LogP contribution in [0, 0.1) is 6.92 Å². The number of hydrogen-bond acceptors (Lipinski definition) is 4. The number of amides is 1. The highest BCUT2D eigenvalue weighted by atomic mass is 32.1. The quantitative estimate of drug-likeness (QED) is 0.711. The monoisotopic (exact) mass is 241 g/mol. The highest BCUT2D eigenvalue weighted by Gasteiger charge is 2.01. The number of thiazole rings is 1. The summed E-state index contributed by atoms with van der Waals surface area (Å²) in [6, 6.07) is 0. The number of nitrogens with zero attached hydrogens (tertiary/aromatic N) is 1. The van der Waals surface area contributed by atoms with Crippen LogP contribution >= 0.6 is 11.3 Å². The van der Waals surface area contributed by atoms with Crippen molar-refractivity contribution in [3.8, 4) is 0 Å².